The van der Waals surface area contributed by atoms with Gasteiger partial charge in [-0.25, -0.2) is 13.8 Å². The smallest absolute Gasteiger partial charge is 0.264 e. The Morgan fingerprint density at radius 3 is 2.37 bits per heavy atom. The van der Waals surface area contributed by atoms with Crippen LogP contribution in [0.3, 0.4) is 0 Å². The Morgan fingerprint density at radius 1 is 1.00 bits per heavy atom. The number of hydrogen-bond acceptors (Lipinski definition) is 5. The first-order valence-corrected chi connectivity index (χ1v) is 15.1. The van der Waals surface area contributed by atoms with Crippen LogP contribution in [0.15, 0.2) is 82.8 Å². The van der Waals surface area contributed by atoms with E-state index in [1.807, 2.05) is 30.5 Å². The predicted octanol–water partition coefficient (Wildman–Crippen LogP) is 6.80. The first kappa shape index (κ1) is 30.5. The molecule has 0 bridgehead atoms. The first-order valence-electron chi connectivity index (χ1n) is 12.5. The quantitative estimate of drug-likeness (QED) is 0.154. The molecule has 0 aliphatic rings. The second kappa shape index (κ2) is 13.0. The Labute approximate surface area is 254 Å². The summed E-state index contributed by atoms with van der Waals surface area (Å²) in [5.41, 5.74) is 5.88. The molecule has 0 saturated carbocycles. The van der Waals surface area contributed by atoms with Crippen molar-refractivity contribution in [2.75, 3.05) is 17.5 Å². The first-order chi connectivity index (χ1) is 19.5. The van der Waals surface area contributed by atoms with Crippen molar-refractivity contribution in [3.63, 3.8) is 0 Å². The van der Waals surface area contributed by atoms with Gasteiger partial charge in [-0.3, -0.25) is 9.10 Å². The van der Waals surface area contributed by atoms with Crippen LogP contribution in [0, 0.1) is 13.8 Å². The average Bonchev–Trinajstić information content (AvgIpc) is 3.20. The monoisotopic (exact) mass is 632 g/mol. The minimum atomic E-state index is -4.17. The molecule has 0 saturated heterocycles. The molecule has 214 valence electrons. The zero-order chi connectivity index (χ0) is 29.7. The van der Waals surface area contributed by atoms with Gasteiger partial charge in [0.25, 0.3) is 15.9 Å². The number of amides is 1. The highest BCUT2D eigenvalue weighted by Gasteiger charge is 2.29. The topological polar surface area (TPSA) is 93.0 Å². The van der Waals surface area contributed by atoms with Gasteiger partial charge in [0.15, 0.2) is 0 Å². The van der Waals surface area contributed by atoms with E-state index in [1.165, 1.54) is 30.5 Å². The highest BCUT2D eigenvalue weighted by Crippen LogP contribution is 2.33. The number of aromatic nitrogens is 1. The van der Waals surface area contributed by atoms with E-state index in [0.717, 1.165) is 26.9 Å². The molecular formula is C29H27Cl3N4O4S. The number of carbonyl (C=O) groups is 1. The third-order valence-corrected chi connectivity index (χ3v) is 8.70. The van der Waals surface area contributed by atoms with Crippen LogP contribution in [0.25, 0.3) is 5.69 Å². The molecule has 12 heteroatoms. The molecule has 1 amide bonds. The van der Waals surface area contributed by atoms with Crippen molar-refractivity contribution < 1.29 is 17.9 Å². The number of hydrazone groups is 1. The fourth-order valence-electron chi connectivity index (χ4n) is 4.27. The minimum absolute atomic E-state index is 0.0298. The second-order valence-electron chi connectivity index (χ2n) is 8.92. The van der Waals surface area contributed by atoms with Gasteiger partial charge < -0.3 is 9.30 Å². The summed E-state index contributed by atoms with van der Waals surface area (Å²) in [4.78, 5) is 13.0. The number of anilines is 1. The molecule has 4 aromatic rings. The van der Waals surface area contributed by atoms with Crippen molar-refractivity contribution in [2.45, 2.75) is 25.7 Å². The summed E-state index contributed by atoms with van der Waals surface area (Å²) in [5.74, 6) is -0.336. The lowest BCUT2D eigenvalue weighted by Crippen LogP contribution is -2.39. The molecule has 41 heavy (non-hydrogen) atoms. The van der Waals surface area contributed by atoms with Gasteiger partial charge in [-0.2, -0.15) is 5.10 Å². The summed E-state index contributed by atoms with van der Waals surface area (Å²) in [6, 6.07) is 19.4. The van der Waals surface area contributed by atoms with E-state index in [-0.39, 0.29) is 10.6 Å². The van der Waals surface area contributed by atoms with E-state index < -0.39 is 22.5 Å². The van der Waals surface area contributed by atoms with Gasteiger partial charge in [0.2, 0.25) is 0 Å². The molecule has 0 spiro atoms. The molecule has 0 aliphatic heterocycles. The zero-order valence-corrected chi connectivity index (χ0v) is 25.5. The van der Waals surface area contributed by atoms with Crippen LogP contribution < -0.4 is 14.5 Å². The molecule has 1 aromatic heterocycles. The molecule has 4 rings (SSSR count). The van der Waals surface area contributed by atoms with Gasteiger partial charge in [0.05, 0.1) is 34.1 Å². The Kier molecular flexibility index (Phi) is 9.65. The number of rotatable bonds is 10. The SMILES string of the molecule is CCOc1ccccc1N(CC(=O)N/N=C\c1cc(C)n(-c2ccc(Cl)cc2Cl)c1C)S(=O)(=O)c1ccc(Cl)cc1. The maximum atomic E-state index is 13.7. The Balaban J connectivity index is 1.60. The summed E-state index contributed by atoms with van der Waals surface area (Å²) >= 11 is 18.4. The van der Waals surface area contributed by atoms with Crippen molar-refractivity contribution in [2.24, 2.45) is 5.10 Å². The normalized spacial score (nSPS) is 11.6. The van der Waals surface area contributed by atoms with Crippen LogP contribution in [-0.4, -0.2) is 38.3 Å². The molecule has 1 N–H and O–H groups in total. The highest BCUT2D eigenvalue weighted by atomic mass is 35.5. The second-order valence-corrected chi connectivity index (χ2v) is 12.1. The van der Waals surface area contributed by atoms with Crippen LogP contribution in [0.4, 0.5) is 5.69 Å². The molecule has 0 radical (unpaired) electrons. The molecule has 0 fully saturated rings. The van der Waals surface area contributed by atoms with E-state index in [4.69, 9.17) is 39.5 Å². The standard InChI is InChI=1S/C29H27Cl3N4O4S/c1-4-40-28-8-6-5-7-27(28)35(41(38,39)24-12-9-22(30)10-13-24)18-29(37)34-33-17-21-15-19(2)36(20(21)3)26-14-11-23(31)16-25(26)32/h5-17H,4,18H2,1-3H3,(H,34,37)/b33-17-. The third kappa shape index (κ3) is 6.87. The molecule has 0 atom stereocenters. The molecule has 1 heterocycles. The minimum Gasteiger partial charge on any atom is -0.492 e. The van der Waals surface area contributed by atoms with Crippen LogP contribution in [-0.2, 0) is 14.8 Å². The lowest BCUT2D eigenvalue weighted by molar-refractivity contribution is -0.119. The zero-order valence-electron chi connectivity index (χ0n) is 22.4. The van der Waals surface area contributed by atoms with Crippen LogP contribution >= 0.6 is 34.8 Å². The number of sulfonamides is 1. The number of nitrogens with zero attached hydrogens (tertiary/aromatic N) is 3. The molecular weight excluding hydrogens is 607 g/mol. The van der Waals surface area contributed by atoms with Gasteiger partial charge >= 0.3 is 0 Å². The van der Waals surface area contributed by atoms with Crippen molar-refractivity contribution in [3.05, 3.63) is 105 Å². The van der Waals surface area contributed by atoms with E-state index >= 15 is 0 Å². The largest absolute Gasteiger partial charge is 0.492 e. The molecule has 8 nitrogen and oxygen atoms in total. The van der Waals surface area contributed by atoms with Crippen LogP contribution in [0.2, 0.25) is 15.1 Å². The lowest BCUT2D eigenvalue weighted by atomic mass is 10.2. The fourth-order valence-corrected chi connectivity index (χ4v) is 6.32. The van der Waals surface area contributed by atoms with Gasteiger partial charge in [-0.15, -0.1) is 0 Å². The highest BCUT2D eigenvalue weighted by molar-refractivity contribution is 7.92. The Bertz CT molecular complexity index is 1700. The number of nitrogens with one attached hydrogen (secondary N) is 1. The molecule has 0 aliphatic carbocycles. The van der Waals surface area contributed by atoms with E-state index in [1.54, 1.807) is 43.3 Å². The summed E-state index contributed by atoms with van der Waals surface area (Å²) < 4.78 is 36.0. The number of para-hydroxylation sites is 2. The summed E-state index contributed by atoms with van der Waals surface area (Å²) in [5, 5.41) is 5.50. The summed E-state index contributed by atoms with van der Waals surface area (Å²) in [6.07, 6.45) is 1.49. The van der Waals surface area contributed by atoms with Crippen LogP contribution in [0.1, 0.15) is 23.9 Å². The maximum Gasteiger partial charge on any atom is 0.264 e. The third-order valence-electron chi connectivity index (χ3n) is 6.14. The molecule has 0 unspecified atom stereocenters. The molecule has 3 aromatic carbocycles. The Hall–Kier alpha value is -3.50. The van der Waals surface area contributed by atoms with Crippen molar-refractivity contribution in [1.29, 1.82) is 0 Å². The van der Waals surface area contributed by atoms with Crippen molar-refractivity contribution in [1.82, 2.24) is 9.99 Å². The average molecular weight is 634 g/mol. The number of carbonyl (C=O) groups excluding carboxylic acids is 1. The van der Waals surface area contributed by atoms with Gasteiger partial charge in [-0.1, -0.05) is 46.9 Å². The van der Waals surface area contributed by atoms with Crippen molar-refractivity contribution >= 4 is 62.6 Å². The van der Waals surface area contributed by atoms with E-state index in [0.29, 0.717) is 27.4 Å². The van der Waals surface area contributed by atoms with E-state index in [2.05, 4.69) is 10.5 Å². The van der Waals surface area contributed by atoms with Gasteiger partial charge in [0, 0.05) is 27.0 Å². The predicted molar refractivity (Wildman–Crippen MR) is 165 cm³/mol. The number of benzene rings is 3. The van der Waals surface area contributed by atoms with E-state index in [9.17, 15) is 13.2 Å². The number of ether oxygens (including phenoxy) is 1. The maximum absolute atomic E-state index is 13.7. The number of halogens is 3. The van der Waals surface area contributed by atoms with Crippen LogP contribution in [0.5, 0.6) is 5.75 Å². The van der Waals surface area contributed by atoms with Gasteiger partial charge in [-0.05, 0) is 81.4 Å². The summed E-state index contributed by atoms with van der Waals surface area (Å²) in [7, 11) is -4.17. The van der Waals surface area contributed by atoms with Crippen molar-refractivity contribution in [3.8, 4) is 11.4 Å². The lowest BCUT2D eigenvalue weighted by Gasteiger charge is -2.25. The fraction of sp³-hybridized carbons (Fsp3) is 0.172. The number of hydrogen-bond donors (Lipinski definition) is 1. The Morgan fingerprint density at radius 2 is 1.68 bits per heavy atom. The summed E-state index contributed by atoms with van der Waals surface area (Å²) in [6.45, 7) is 5.36. The van der Waals surface area contributed by atoms with Gasteiger partial charge in [0.1, 0.15) is 12.3 Å². The number of aryl methyl sites for hydroxylation is 1.